The van der Waals surface area contributed by atoms with Crippen molar-refractivity contribution >= 4 is 35.1 Å². The summed E-state index contributed by atoms with van der Waals surface area (Å²) in [4.78, 5) is 60.8. The topological polar surface area (TPSA) is 148 Å². The predicted octanol–water partition coefficient (Wildman–Crippen LogP) is 3.84. The molecule has 4 aromatic rings. The molecule has 232 valence electrons. The standard InChI is InChI=1S/C29H26F3N9O4/c1-14-5-6-33-23(35-14)18-8-19(18)25(43)37-27-34-9-20(29(30,31)32)26(38-27)45-13-17-11-40-10-16(15-3-4-15)7-21(24(40)36-17)41-12-22(42)39(2)28(41)44/h5-7,9-11,15,18-19H,3-4,8,12-13H2,1-2H3,(H,34,37,38,43). The third kappa shape index (κ3) is 5.51. The number of halogens is 3. The smallest absolute Gasteiger partial charge is 0.423 e. The first-order valence-corrected chi connectivity index (χ1v) is 14.2. The number of hydrogen-bond donors (Lipinski definition) is 1. The minimum Gasteiger partial charge on any atom is -0.471 e. The number of aryl methyl sites for hydroxylation is 1. The number of urea groups is 1. The van der Waals surface area contributed by atoms with Crippen molar-refractivity contribution in [3.63, 3.8) is 0 Å². The lowest BCUT2D eigenvalue weighted by atomic mass is 10.1. The minimum absolute atomic E-state index is 0.151. The normalized spacial score (nSPS) is 19.8. The molecule has 4 aromatic heterocycles. The molecule has 3 aliphatic rings. The maximum absolute atomic E-state index is 13.8. The molecule has 0 spiro atoms. The molecular weight excluding hydrogens is 595 g/mol. The average Bonchev–Trinajstić information content (AvgIpc) is 3.92. The van der Waals surface area contributed by atoms with Gasteiger partial charge in [-0.25, -0.2) is 24.7 Å². The van der Waals surface area contributed by atoms with Crippen LogP contribution in [0.15, 0.2) is 36.9 Å². The van der Waals surface area contributed by atoms with E-state index >= 15 is 0 Å². The number of pyridine rings is 1. The lowest BCUT2D eigenvalue weighted by Gasteiger charge is -2.17. The highest BCUT2D eigenvalue weighted by Crippen LogP contribution is 2.46. The summed E-state index contributed by atoms with van der Waals surface area (Å²) in [6, 6.07) is 3.07. The second-order valence-electron chi connectivity index (χ2n) is 11.4. The van der Waals surface area contributed by atoms with Gasteiger partial charge in [0.25, 0.3) is 0 Å². The number of carbonyl (C=O) groups excluding carboxylic acids is 3. The van der Waals surface area contributed by atoms with Crippen molar-refractivity contribution in [2.24, 2.45) is 5.92 Å². The molecule has 2 unspecified atom stereocenters. The number of ether oxygens (including phenoxy) is 1. The lowest BCUT2D eigenvalue weighted by molar-refractivity contribution is -0.139. The highest BCUT2D eigenvalue weighted by Gasteiger charge is 2.46. The summed E-state index contributed by atoms with van der Waals surface area (Å²) < 4.78 is 48.8. The van der Waals surface area contributed by atoms with E-state index in [0.717, 1.165) is 29.0 Å². The third-order valence-corrected chi connectivity index (χ3v) is 8.05. The van der Waals surface area contributed by atoms with Crippen LogP contribution in [-0.4, -0.2) is 65.7 Å². The quantitative estimate of drug-likeness (QED) is 0.290. The second-order valence-corrected chi connectivity index (χ2v) is 11.4. The molecule has 4 amide bonds. The van der Waals surface area contributed by atoms with Crippen molar-refractivity contribution in [2.45, 2.75) is 50.8 Å². The first kappa shape index (κ1) is 28.6. The van der Waals surface area contributed by atoms with Gasteiger partial charge < -0.3 is 9.14 Å². The largest absolute Gasteiger partial charge is 0.471 e. The molecule has 1 saturated heterocycles. The Labute approximate surface area is 253 Å². The molecule has 7 rings (SSSR count). The molecule has 16 heteroatoms. The van der Waals surface area contributed by atoms with E-state index in [2.05, 4.69) is 30.2 Å². The van der Waals surface area contributed by atoms with Crippen LogP contribution in [0.2, 0.25) is 0 Å². The molecule has 2 saturated carbocycles. The number of amides is 4. The molecular formula is C29H26F3N9O4. The zero-order valence-electron chi connectivity index (χ0n) is 24.1. The van der Waals surface area contributed by atoms with Gasteiger partial charge in [0.2, 0.25) is 23.6 Å². The Morgan fingerprint density at radius 3 is 2.62 bits per heavy atom. The number of alkyl halides is 3. The predicted molar refractivity (Wildman–Crippen MR) is 150 cm³/mol. The Balaban J connectivity index is 1.12. The summed E-state index contributed by atoms with van der Waals surface area (Å²) in [5, 5.41) is 2.48. The van der Waals surface area contributed by atoms with Crippen LogP contribution in [0.25, 0.3) is 5.65 Å². The van der Waals surface area contributed by atoms with E-state index in [9.17, 15) is 27.6 Å². The number of carbonyl (C=O) groups is 3. The fourth-order valence-corrected chi connectivity index (χ4v) is 5.34. The van der Waals surface area contributed by atoms with E-state index in [0.29, 0.717) is 35.7 Å². The van der Waals surface area contributed by atoms with Crippen LogP contribution < -0.4 is 15.0 Å². The molecule has 5 heterocycles. The summed E-state index contributed by atoms with van der Waals surface area (Å²) in [6.45, 7) is 1.25. The van der Waals surface area contributed by atoms with Gasteiger partial charge in [-0.1, -0.05) is 0 Å². The van der Waals surface area contributed by atoms with Crippen molar-refractivity contribution in [1.29, 1.82) is 0 Å². The van der Waals surface area contributed by atoms with Crippen LogP contribution in [0.3, 0.4) is 0 Å². The van der Waals surface area contributed by atoms with Gasteiger partial charge in [0.15, 0.2) is 5.65 Å². The van der Waals surface area contributed by atoms with E-state index in [1.165, 1.54) is 11.9 Å². The molecule has 3 fully saturated rings. The summed E-state index contributed by atoms with van der Waals surface area (Å²) in [7, 11) is 1.40. The average molecular weight is 622 g/mol. The number of nitrogens with one attached hydrogen (secondary N) is 1. The zero-order chi connectivity index (χ0) is 31.6. The first-order valence-electron chi connectivity index (χ1n) is 14.2. The monoisotopic (exact) mass is 621 g/mol. The van der Waals surface area contributed by atoms with Crippen molar-refractivity contribution in [3.05, 3.63) is 65.3 Å². The number of aromatic nitrogens is 6. The van der Waals surface area contributed by atoms with E-state index in [1.54, 1.807) is 22.9 Å². The number of imide groups is 1. The van der Waals surface area contributed by atoms with E-state index < -0.39 is 42.1 Å². The minimum atomic E-state index is -4.83. The Kier molecular flexibility index (Phi) is 6.67. The van der Waals surface area contributed by atoms with Crippen molar-refractivity contribution < 1.29 is 32.3 Å². The fourth-order valence-electron chi connectivity index (χ4n) is 5.34. The number of fused-ring (bicyclic) bond motifs is 1. The van der Waals surface area contributed by atoms with Crippen LogP contribution in [0.4, 0.5) is 29.6 Å². The van der Waals surface area contributed by atoms with Crippen LogP contribution in [0.5, 0.6) is 5.88 Å². The SMILES string of the molecule is Cc1ccnc(C2CC2C(=O)Nc2ncc(C(F)(F)F)c(OCc3cn4cc(C5CC5)cc(N5CC(=O)N(C)C5=O)c4n3)n2)n1. The lowest BCUT2D eigenvalue weighted by Crippen LogP contribution is -2.30. The Bertz CT molecular complexity index is 1870. The van der Waals surface area contributed by atoms with Crippen LogP contribution in [0, 0.1) is 12.8 Å². The molecule has 0 aromatic carbocycles. The fraction of sp³-hybridized carbons (Fsp3) is 0.379. The van der Waals surface area contributed by atoms with Gasteiger partial charge in [-0.15, -0.1) is 0 Å². The number of anilines is 2. The van der Waals surface area contributed by atoms with Crippen molar-refractivity contribution in [2.75, 3.05) is 23.8 Å². The van der Waals surface area contributed by atoms with E-state index in [1.807, 2.05) is 19.2 Å². The summed E-state index contributed by atoms with van der Waals surface area (Å²) in [5.74, 6) is -1.78. The molecule has 2 aliphatic carbocycles. The van der Waals surface area contributed by atoms with Crippen molar-refractivity contribution in [3.8, 4) is 5.88 Å². The Morgan fingerprint density at radius 1 is 1.13 bits per heavy atom. The molecule has 2 atom stereocenters. The van der Waals surface area contributed by atoms with Gasteiger partial charge in [0.05, 0.1) is 11.4 Å². The molecule has 1 aliphatic heterocycles. The first-order chi connectivity index (χ1) is 21.5. The van der Waals surface area contributed by atoms with Crippen LogP contribution in [0.1, 0.15) is 59.4 Å². The van der Waals surface area contributed by atoms with E-state index in [-0.39, 0.29) is 30.0 Å². The number of hydrogen-bond acceptors (Lipinski definition) is 9. The summed E-state index contributed by atoms with van der Waals surface area (Å²) in [6.07, 6.45) is 3.23. The molecule has 13 nitrogen and oxygen atoms in total. The van der Waals surface area contributed by atoms with Gasteiger partial charge in [-0.05, 0) is 49.8 Å². The van der Waals surface area contributed by atoms with Gasteiger partial charge in [0.1, 0.15) is 24.5 Å². The number of nitrogens with zero attached hydrogens (tertiary/aromatic N) is 8. The number of rotatable bonds is 8. The molecule has 0 bridgehead atoms. The van der Waals surface area contributed by atoms with E-state index in [4.69, 9.17) is 4.74 Å². The second kappa shape index (κ2) is 10.5. The summed E-state index contributed by atoms with van der Waals surface area (Å²) in [5.41, 5.74) is 1.52. The van der Waals surface area contributed by atoms with Crippen molar-refractivity contribution in [1.82, 2.24) is 34.2 Å². The number of imidazole rings is 1. The maximum Gasteiger partial charge on any atom is 0.423 e. The highest BCUT2D eigenvalue weighted by molar-refractivity contribution is 6.13. The molecule has 0 radical (unpaired) electrons. The summed E-state index contributed by atoms with van der Waals surface area (Å²) >= 11 is 0. The van der Waals surface area contributed by atoms with Gasteiger partial charge in [-0.2, -0.15) is 18.2 Å². The van der Waals surface area contributed by atoms with Gasteiger partial charge in [-0.3, -0.25) is 24.7 Å². The van der Waals surface area contributed by atoms with Gasteiger partial charge >= 0.3 is 12.2 Å². The van der Waals surface area contributed by atoms with Crippen LogP contribution in [-0.2, 0) is 22.4 Å². The molecule has 45 heavy (non-hydrogen) atoms. The van der Waals surface area contributed by atoms with Gasteiger partial charge in [0, 0.05) is 49.4 Å². The van der Waals surface area contributed by atoms with Crippen LogP contribution >= 0.6 is 0 Å². The maximum atomic E-state index is 13.8. The zero-order valence-corrected chi connectivity index (χ0v) is 24.1. The Morgan fingerprint density at radius 2 is 1.93 bits per heavy atom. The number of likely N-dealkylation sites (N-methyl/N-ethyl adjacent to an activating group) is 1. The Hall–Kier alpha value is -5.15. The third-order valence-electron chi connectivity index (χ3n) is 8.05. The highest BCUT2D eigenvalue weighted by atomic mass is 19.4. The molecule has 1 N–H and O–H groups in total.